The summed E-state index contributed by atoms with van der Waals surface area (Å²) < 4.78 is 2.06. The molecule has 2 heterocycles. The van der Waals surface area contributed by atoms with Crippen LogP contribution in [-0.4, -0.2) is 15.8 Å². The topological polar surface area (TPSA) is 34.9 Å². The first-order valence-electron chi connectivity index (χ1n) is 6.19. The maximum absolute atomic E-state index is 11.2. The van der Waals surface area contributed by atoms with Gasteiger partial charge in [-0.15, -0.1) is 0 Å². The number of carbonyl (C=O) groups excluding carboxylic acids is 1. The molecular formula is C15H18N2O. The molecule has 2 aromatic heterocycles. The van der Waals surface area contributed by atoms with Crippen molar-refractivity contribution in [2.45, 2.75) is 34.1 Å². The van der Waals surface area contributed by atoms with Crippen molar-refractivity contribution in [2.75, 3.05) is 0 Å². The Balaban J connectivity index is 2.68. The summed E-state index contributed by atoms with van der Waals surface area (Å²) in [5, 5.41) is 0. The van der Waals surface area contributed by atoms with Crippen LogP contribution in [0, 0.1) is 20.8 Å². The number of carbonyl (C=O) groups is 1. The fourth-order valence-corrected chi connectivity index (χ4v) is 2.46. The summed E-state index contributed by atoms with van der Waals surface area (Å²) in [5.74, 6) is 0.874. The Bertz CT molecular complexity index is 580. The lowest BCUT2D eigenvalue weighted by atomic mass is 10.1. The third-order valence-corrected chi connectivity index (χ3v) is 3.42. The van der Waals surface area contributed by atoms with Crippen molar-refractivity contribution in [2.24, 2.45) is 0 Å². The smallest absolute Gasteiger partial charge is 0.152 e. The summed E-state index contributed by atoms with van der Waals surface area (Å²) in [7, 11) is 0. The van der Waals surface area contributed by atoms with E-state index in [-0.39, 0.29) is 0 Å². The Hall–Kier alpha value is -1.90. The number of aromatic nitrogens is 2. The van der Waals surface area contributed by atoms with E-state index in [1.807, 2.05) is 39.1 Å². The largest absolute Gasteiger partial charge is 0.302 e. The molecule has 0 aliphatic heterocycles. The Morgan fingerprint density at radius 3 is 2.39 bits per heavy atom. The quantitative estimate of drug-likeness (QED) is 0.775. The van der Waals surface area contributed by atoms with E-state index >= 15 is 0 Å². The lowest BCUT2D eigenvalue weighted by molar-refractivity contribution is 0.112. The molecule has 3 heteroatoms. The van der Waals surface area contributed by atoms with Gasteiger partial charge in [-0.2, -0.15) is 0 Å². The molecule has 0 spiro atoms. The highest BCUT2D eigenvalue weighted by molar-refractivity contribution is 5.80. The first kappa shape index (κ1) is 12.6. The Morgan fingerprint density at radius 1 is 1.22 bits per heavy atom. The molecule has 2 rings (SSSR count). The minimum atomic E-state index is 0.803. The van der Waals surface area contributed by atoms with Gasteiger partial charge in [-0.05, 0) is 44.4 Å². The monoisotopic (exact) mass is 242 g/mol. The first-order chi connectivity index (χ1) is 8.60. The van der Waals surface area contributed by atoms with E-state index < -0.39 is 0 Å². The van der Waals surface area contributed by atoms with Crippen LogP contribution >= 0.6 is 0 Å². The SMILES string of the molecule is CCc1c(C=O)c(C)n(-c2ccc(C)cn2)c1C. The van der Waals surface area contributed by atoms with Crippen molar-refractivity contribution in [1.29, 1.82) is 0 Å². The molecule has 0 aliphatic rings. The molecule has 0 unspecified atom stereocenters. The van der Waals surface area contributed by atoms with Crippen molar-refractivity contribution >= 4 is 6.29 Å². The predicted molar refractivity (Wildman–Crippen MR) is 72.5 cm³/mol. The second-order valence-corrected chi connectivity index (χ2v) is 4.56. The van der Waals surface area contributed by atoms with Crippen LogP contribution in [0.1, 0.15) is 39.8 Å². The van der Waals surface area contributed by atoms with Crippen LogP contribution in [0.5, 0.6) is 0 Å². The minimum absolute atomic E-state index is 0.803. The molecule has 18 heavy (non-hydrogen) atoms. The molecule has 2 aromatic rings. The molecule has 0 bridgehead atoms. The number of pyridine rings is 1. The zero-order valence-corrected chi connectivity index (χ0v) is 11.3. The summed E-state index contributed by atoms with van der Waals surface area (Å²) in [6.45, 7) is 8.10. The van der Waals surface area contributed by atoms with Crippen LogP contribution in [0.15, 0.2) is 18.3 Å². The van der Waals surface area contributed by atoms with E-state index in [1.165, 1.54) is 0 Å². The predicted octanol–water partition coefficient (Wildman–Crippen LogP) is 3.17. The number of hydrogen-bond acceptors (Lipinski definition) is 2. The minimum Gasteiger partial charge on any atom is -0.302 e. The molecule has 0 radical (unpaired) electrons. The van der Waals surface area contributed by atoms with Gasteiger partial charge in [0.2, 0.25) is 0 Å². The Morgan fingerprint density at radius 2 is 1.94 bits per heavy atom. The number of rotatable bonds is 3. The van der Waals surface area contributed by atoms with Gasteiger partial charge in [-0.3, -0.25) is 4.79 Å². The van der Waals surface area contributed by atoms with E-state index in [0.29, 0.717) is 0 Å². The first-order valence-corrected chi connectivity index (χ1v) is 6.19. The second kappa shape index (κ2) is 4.77. The second-order valence-electron chi connectivity index (χ2n) is 4.56. The van der Waals surface area contributed by atoms with E-state index in [2.05, 4.69) is 16.5 Å². The zero-order valence-electron chi connectivity index (χ0n) is 11.3. The fourth-order valence-electron chi connectivity index (χ4n) is 2.46. The normalized spacial score (nSPS) is 10.7. The molecule has 0 aromatic carbocycles. The lowest BCUT2D eigenvalue weighted by Crippen LogP contribution is -2.02. The van der Waals surface area contributed by atoms with E-state index in [9.17, 15) is 4.79 Å². The number of aryl methyl sites for hydroxylation is 1. The number of hydrogen-bond donors (Lipinski definition) is 0. The van der Waals surface area contributed by atoms with Gasteiger partial charge in [0.1, 0.15) is 5.82 Å². The Labute approximate surface area is 107 Å². The van der Waals surface area contributed by atoms with Crippen LogP contribution in [0.4, 0.5) is 0 Å². The summed E-state index contributed by atoms with van der Waals surface area (Å²) in [6.07, 6.45) is 3.66. The van der Waals surface area contributed by atoms with Gasteiger partial charge < -0.3 is 4.57 Å². The van der Waals surface area contributed by atoms with Gasteiger partial charge in [-0.1, -0.05) is 13.0 Å². The average Bonchev–Trinajstić information content (AvgIpc) is 2.61. The van der Waals surface area contributed by atoms with Crippen LogP contribution in [0.3, 0.4) is 0 Å². The molecular weight excluding hydrogens is 224 g/mol. The lowest BCUT2D eigenvalue weighted by Gasteiger charge is -2.08. The van der Waals surface area contributed by atoms with Gasteiger partial charge >= 0.3 is 0 Å². The van der Waals surface area contributed by atoms with Crippen molar-refractivity contribution in [3.63, 3.8) is 0 Å². The summed E-state index contributed by atoms with van der Waals surface area (Å²) in [5.41, 5.74) is 5.12. The van der Waals surface area contributed by atoms with E-state index in [0.717, 1.165) is 46.6 Å². The number of aldehydes is 1. The van der Waals surface area contributed by atoms with Crippen molar-refractivity contribution in [3.05, 3.63) is 46.4 Å². The molecule has 0 N–H and O–H groups in total. The van der Waals surface area contributed by atoms with Gasteiger partial charge in [0.05, 0.1) is 0 Å². The Kier molecular flexibility index (Phi) is 3.32. The van der Waals surface area contributed by atoms with E-state index in [4.69, 9.17) is 0 Å². The maximum atomic E-state index is 11.2. The summed E-state index contributed by atoms with van der Waals surface area (Å²) in [4.78, 5) is 15.7. The van der Waals surface area contributed by atoms with Crippen molar-refractivity contribution < 1.29 is 4.79 Å². The zero-order chi connectivity index (χ0) is 13.3. The number of nitrogens with zero attached hydrogens (tertiary/aromatic N) is 2. The molecule has 0 fully saturated rings. The van der Waals surface area contributed by atoms with Gasteiger partial charge in [-0.25, -0.2) is 4.98 Å². The average molecular weight is 242 g/mol. The van der Waals surface area contributed by atoms with Gasteiger partial charge in [0.15, 0.2) is 6.29 Å². The van der Waals surface area contributed by atoms with Crippen molar-refractivity contribution in [3.8, 4) is 5.82 Å². The molecule has 94 valence electrons. The molecule has 0 atom stereocenters. The third-order valence-electron chi connectivity index (χ3n) is 3.42. The van der Waals surface area contributed by atoms with Crippen molar-refractivity contribution in [1.82, 2.24) is 9.55 Å². The molecule has 0 saturated heterocycles. The molecule has 0 saturated carbocycles. The van der Waals surface area contributed by atoms with Gasteiger partial charge in [0.25, 0.3) is 0 Å². The third kappa shape index (κ3) is 1.86. The molecule has 3 nitrogen and oxygen atoms in total. The molecule has 0 aliphatic carbocycles. The highest BCUT2D eigenvalue weighted by atomic mass is 16.1. The fraction of sp³-hybridized carbons (Fsp3) is 0.333. The van der Waals surface area contributed by atoms with Crippen LogP contribution in [0.25, 0.3) is 5.82 Å². The summed E-state index contributed by atoms with van der Waals surface area (Å²) >= 11 is 0. The highest BCUT2D eigenvalue weighted by Gasteiger charge is 2.17. The van der Waals surface area contributed by atoms with E-state index in [1.54, 1.807) is 0 Å². The van der Waals surface area contributed by atoms with Crippen LogP contribution in [-0.2, 0) is 6.42 Å². The summed E-state index contributed by atoms with van der Waals surface area (Å²) in [6, 6.07) is 4.02. The van der Waals surface area contributed by atoms with Crippen LogP contribution < -0.4 is 0 Å². The van der Waals surface area contributed by atoms with Gasteiger partial charge in [0, 0.05) is 23.1 Å². The van der Waals surface area contributed by atoms with Crippen LogP contribution in [0.2, 0.25) is 0 Å². The standard InChI is InChI=1S/C15H18N2O/c1-5-13-11(3)17(12(4)14(13)9-18)15-7-6-10(2)8-16-15/h6-9H,5H2,1-4H3. The maximum Gasteiger partial charge on any atom is 0.152 e. The molecule has 0 amide bonds. The highest BCUT2D eigenvalue weighted by Crippen LogP contribution is 2.24.